The number of hydrogen-bond donors (Lipinski definition) is 2. The Balaban J connectivity index is 1.64. The summed E-state index contributed by atoms with van der Waals surface area (Å²) in [6.45, 7) is 0.0387. The van der Waals surface area contributed by atoms with E-state index in [-0.39, 0.29) is 30.0 Å². The molecule has 0 atom stereocenters. The minimum Gasteiger partial charge on any atom is -0.479 e. The largest absolute Gasteiger partial charge is 0.479 e. The molecule has 24 heavy (non-hydrogen) atoms. The molecule has 0 bridgehead atoms. The van der Waals surface area contributed by atoms with E-state index in [9.17, 15) is 9.90 Å². The number of oxazole rings is 1. The topological polar surface area (TPSA) is 114 Å². The highest BCUT2D eigenvalue weighted by atomic mass is 16.5. The van der Waals surface area contributed by atoms with E-state index < -0.39 is 5.95 Å². The summed E-state index contributed by atoms with van der Waals surface area (Å²) in [5, 5.41) is 12.4. The molecule has 0 aliphatic carbocycles. The van der Waals surface area contributed by atoms with Crippen LogP contribution in [-0.4, -0.2) is 32.2 Å². The molecule has 120 valence electrons. The maximum absolute atomic E-state index is 11.9. The highest BCUT2D eigenvalue weighted by Gasteiger charge is 2.12. The maximum atomic E-state index is 11.9. The van der Waals surface area contributed by atoms with Crippen molar-refractivity contribution in [1.29, 1.82) is 0 Å². The molecule has 0 aliphatic heterocycles. The van der Waals surface area contributed by atoms with Crippen LogP contribution in [0.5, 0.6) is 5.95 Å². The smallest absolute Gasteiger partial charge is 0.312 e. The third-order valence-corrected chi connectivity index (χ3v) is 2.97. The summed E-state index contributed by atoms with van der Waals surface area (Å²) in [6.07, 6.45) is 4.39. The Morgan fingerprint density at radius 1 is 1.21 bits per heavy atom. The van der Waals surface area contributed by atoms with Crippen LogP contribution in [0.15, 0.2) is 58.2 Å². The zero-order valence-electron chi connectivity index (χ0n) is 12.5. The van der Waals surface area contributed by atoms with Gasteiger partial charge in [-0.3, -0.25) is 4.79 Å². The number of carbonyl (C=O) groups is 1. The second-order valence-electron chi connectivity index (χ2n) is 4.65. The van der Waals surface area contributed by atoms with Crippen molar-refractivity contribution in [1.82, 2.24) is 20.3 Å². The number of amides is 1. The third kappa shape index (κ3) is 3.80. The SMILES string of the molecule is O=C(NCc1nc(/C=N/c2ncccn2)c(O)o1)c1ccccc1. The number of carbonyl (C=O) groups excluding carboxylic acids is 1. The van der Waals surface area contributed by atoms with Crippen molar-refractivity contribution in [2.45, 2.75) is 6.54 Å². The van der Waals surface area contributed by atoms with Crippen molar-refractivity contribution >= 4 is 18.1 Å². The first-order valence-corrected chi connectivity index (χ1v) is 7.05. The Labute approximate surface area is 136 Å². The normalized spacial score (nSPS) is 10.8. The van der Waals surface area contributed by atoms with E-state index in [0.29, 0.717) is 5.56 Å². The predicted octanol–water partition coefficient (Wildman–Crippen LogP) is 1.85. The molecule has 0 fully saturated rings. The van der Waals surface area contributed by atoms with Crippen molar-refractivity contribution < 1.29 is 14.3 Å². The van der Waals surface area contributed by atoms with Gasteiger partial charge in [-0.15, -0.1) is 0 Å². The highest BCUT2D eigenvalue weighted by Crippen LogP contribution is 2.17. The molecule has 3 rings (SSSR count). The van der Waals surface area contributed by atoms with Gasteiger partial charge in [-0.05, 0) is 18.2 Å². The number of rotatable bonds is 5. The van der Waals surface area contributed by atoms with E-state index in [1.54, 1.807) is 42.7 Å². The summed E-state index contributed by atoms with van der Waals surface area (Å²) in [6, 6.07) is 10.4. The van der Waals surface area contributed by atoms with Crippen LogP contribution in [0.4, 0.5) is 5.95 Å². The molecular formula is C16H13N5O3. The average Bonchev–Trinajstić information content (AvgIpc) is 2.99. The summed E-state index contributed by atoms with van der Waals surface area (Å²) < 4.78 is 5.09. The van der Waals surface area contributed by atoms with Crippen LogP contribution >= 0.6 is 0 Å². The van der Waals surface area contributed by atoms with Crippen LogP contribution in [0.3, 0.4) is 0 Å². The monoisotopic (exact) mass is 323 g/mol. The zero-order valence-corrected chi connectivity index (χ0v) is 12.5. The minimum absolute atomic E-state index is 0.0387. The van der Waals surface area contributed by atoms with Crippen LogP contribution in [0, 0.1) is 0 Å². The van der Waals surface area contributed by atoms with Crippen LogP contribution in [-0.2, 0) is 6.54 Å². The first-order valence-electron chi connectivity index (χ1n) is 7.05. The molecule has 0 radical (unpaired) electrons. The fourth-order valence-corrected chi connectivity index (χ4v) is 1.85. The molecule has 2 aromatic heterocycles. The van der Waals surface area contributed by atoms with Crippen molar-refractivity contribution in [3.8, 4) is 5.95 Å². The van der Waals surface area contributed by atoms with Gasteiger partial charge >= 0.3 is 5.95 Å². The molecule has 0 saturated carbocycles. The first kappa shape index (κ1) is 15.3. The van der Waals surface area contributed by atoms with Crippen molar-refractivity contribution in [3.63, 3.8) is 0 Å². The van der Waals surface area contributed by atoms with Crippen molar-refractivity contribution in [2.24, 2.45) is 4.99 Å². The molecule has 3 aromatic rings. The quantitative estimate of drug-likeness (QED) is 0.693. The Morgan fingerprint density at radius 3 is 2.71 bits per heavy atom. The Morgan fingerprint density at radius 2 is 1.96 bits per heavy atom. The summed E-state index contributed by atoms with van der Waals surface area (Å²) in [5.74, 6) is -0.258. The fourth-order valence-electron chi connectivity index (χ4n) is 1.85. The van der Waals surface area contributed by atoms with Crippen LogP contribution in [0.25, 0.3) is 0 Å². The first-order chi connectivity index (χ1) is 11.7. The molecule has 1 amide bonds. The molecule has 8 nitrogen and oxygen atoms in total. The Kier molecular flexibility index (Phi) is 4.57. The Bertz CT molecular complexity index is 847. The van der Waals surface area contributed by atoms with E-state index in [4.69, 9.17) is 4.42 Å². The van der Waals surface area contributed by atoms with Gasteiger partial charge in [0.2, 0.25) is 11.8 Å². The fraction of sp³-hybridized carbons (Fsp3) is 0.0625. The van der Waals surface area contributed by atoms with Crippen LogP contribution in [0.1, 0.15) is 21.9 Å². The zero-order chi connectivity index (χ0) is 16.8. The average molecular weight is 323 g/mol. The van der Waals surface area contributed by atoms with Crippen LogP contribution in [0.2, 0.25) is 0 Å². The predicted molar refractivity (Wildman–Crippen MR) is 85.1 cm³/mol. The van der Waals surface area contributed by atoms with Gasteiger partial charge in [-0.2, -0.15) is 0 Å². The van der Waals surface area contributed by atoms with Gasteiger partial charge in [-0.1, -0.05) is 18.2 Å². The molecule has 2 heterocycles. The lowest BCUT2D eigenvalue weighted by molar-refractivity contribution is 0.0946. The standard InChI is InChI=1S/C16H13N5O3/c22-14(11-5-2-1-3-6-11)19-10-13-21-12(15(23)24-13)9-20-16-17-7-4-8-18-16/h1-9,23H,10H2,(H,19,22)/b20-9+. The molecule has 2 N–H and O–H groups in total. The number of hydrogen-bond acceptors (Lipinski definition) is 7. The summed E-state index contributed by atoms with van der Waals surface area (Å²) in [7, 11) is 0. The van der Waals surface area contributed by atoms with E-state index in [1.807, 2.05) is 6.07 Å². The summed E-state index contributed by atoms with van der Waals surface area (Å²) in [5.41, 5.74) is 0.655. The lowest BCUT2D eigenvalue weighted by atomic mass is 10.2. The molecule has 0 aliphatic rings. The highest BCUT2D eigenvalue weighted by molar-refractivity contribution is 5.94. The Hall–Kier alpha value is -3.55. The van der Waals surface area contributed by atoms with Gasteiger partial charge in [0.05, 0.1) is 12.8 Å². The summed E-state index contributed by atoms with van der Waals surface area (Å²) >= 11 is 0. The molecular weight excluding hydrogens is 310 g/mol. The van der Waals surface area contributed by atoms with Gasteiger partial charge in [-0.25, -0.2) is 19.9 Å². The summed E-state index contributed by atoms with van der Waals surface area (Å²) in [4.78, 5) is 27.8. The number of benzene rings is 1. The van der Waals surface area contributed by atoms with E-state index >= 15 is 0 Å². The van der Waals surface area contributed by atoms with Gasteiger partial charge in [0.25, 0.3) is 5.91 Å². The molecule has 0 unspecified atom stereocenters. The minimum atomic E-state index is -0.390. The second kappa shape index (κ2) is 7.14. The van der Waals surface area contributed by atoms with Crippen molar-refractivity contribution in [3.05, 3.63) is 65.9 Å². The lowest BCUT2D eigenvalue weighted by Gasteiger charge is -2.01. The second-order valence-corrected chi connectivity index (χ2v) is 4.65. The number of aromatic nitrogens is 3. The van der Waals surface area contributed by atoms with E-state index in [0.717, 1.165) is 0 Å². The lowest BCUT2D eigenvalue weighted by Crippen LogP contribution is -2.22. The molecule has 0 spiro atoms. The van der Waals surface area contributed by atoms with E-state index in [2.05, 4.69) is 25.3 Å². The van der Waals surface area contributed by atoms with Gasteiger partial charge < -0.3 is 14.8 Å². The number of aliphatic imine (C=N–C) groups is 1. The van der Waals surface area contributed by atoms with E-state index in [1.165, 1.54) is 6.21 Å². The third-order valence-electron chi connectivity index (χ3n) is 2.97. The van der Waals surface area contributed by atoms with Gasteiger partial charge in [0.1, 0.15) is 0 Å². The van der Waals surface area contributed by atoms with Crippen molar-refractivity contribution in [2.75, 3.05) is 0 Å². The number of nitrogens with zero attached hydrogens (tertiary/aromatic N) is 4. The number of nitrogens with one attached hydrogen (secondary N) is 1. The van der Waals surface area contributed by atoms with Crippen LogP contribution < -0.4 is 5.32 Å². The molecule has 1 aromatic carbocycles. The van der Waals surface area contributed by atoms with Gasteiger partial charge in [0.15, 0.2) is 5.69 Å². The molecule has 8 heteroatoms. The number of aromatic hydroxyl groups is 1. The maximum Gasteiger partial charge on any atom is 0.312 e. The molecule has 0 saturated heterocycles. The van der Waals surface area contributed by atoms with Gasteiger partial charge in [0, 0.05) is 18.0 Å².